The second-order valence-electron chi connectivity index (χ2n) is 5.15. The number of hydrogen-bond donors (Lipinski definition) is 2. The molecule has 0 aliphatic carbocycles. The van der Waals surface area contributed by atoms with Gasteiger partial charge in [0.05, 0.1) is 6.10 Å². The molecule has 3 nitrogen and oxygen atoms in total. The van der Waals surface area contributed by atoms with E-state index in [-0.39, 0.29) is 0 Å². The Hall–Kier alpha value is -0.120. The fraction of sp³-hybridized carbons (Fsp3) is 1.00. The zero-order valence-electron chi connectivity index (χ0n) is 10.9. The van der Waals surface area contributed by atoms with Gasteiger partial charge < -0.3 is 15.8 Å². The first-order valence-corrected chi connectivity index (χ1v) is 6.76. The Bertz CT molecular complexity index is 175. The van der Waals surface area contributed by atoms with Crippen molar-refractivity contribution in [3.63, 3.8) is 0 Å². The molecule has 3 atom stereocenters. The molecule has 0 aromatic rings. The second kappa shape index (κ2) is 8.04. The van der Waals surface area contributed by atoms with Crippen LogP contribution in [0.3, 0.4) is 0 Å². The van der Waals surface area contributed by atoms with E-state index in [1.165, 1.54) is 19.3 Å². The molecular weight excluding hydrogens is 200 g/mol. The molecule has 1 aliphatic rings. The maximum Gasteiger partial charge on any atom is 0.0588 e. The first-order chi connectivity index (χ1) is 7.74. The van der Waals surface area contributed by atoms with Crippen molar-refractivity contribution in [2.75, 3.05) is 26.2 Å². The average Bonchev–Trinajstić information content (AvgIpc) is 2.64. The summed E-state index contributed by atoms with van der Waals surface area (Å²) in [5.41, 5.74) is 5.53. The smallest absolute Gasteiger partial charge is 0.0588 e. The lowest BCUT2D eigenvalue weighted by Gasteiger charge is -2.15. The number of nitrogens with two attached hydrogens (primary N) is 1. The molecule has 0 aromatic carbocycles. The van der Waals surface area contributed by atoms with Crippen molar-refractivity contribution in [1.82, 2.24) is 5.32 Å². The topological polar surface area (TPSA) is 47.3 Å². The Morgan fingerprint density at radius 1 is 1.44 bits per heavy atom. The van der Waals surface area contributed by atoms with Crippen LogP contribution in [0.15, 0.2) is 0 Å². The van der Waals surface area contributed by atoms with E-state index >= 15 is 0 Å². The van der Waals surface area contributed by atoms with Crippen LogP contribution in [-0.4, -0.2) is 32.3 Å². The van der Waals surface area contributed by atoms with Crippen LogP contribution < -0.4 is 11.1 Å². The minimum Gasteiger partial charge on any atom is -0.378 e. The van der Waals surface area contributed by atoms with E-state index in [4.69, 9.17) is 10.5 Å². The zero-order valence-corrected chi connectivity index (χ0v) is 10.9. The molecule has 1 heterocycles. The third-order valence-corrected chi connectivity index (χ3v) is 3.65. The Kier molecular flexibility index (Phi) is 7.01. The monoisotopic (exact) mass is 228 g/mol. The lowest BCUT2D eigenvalue weighted by atomic mass is 10.0. The molecule has 1 aliphatic heterocycles. The van der Waals surface area contributed by atoms with Gasteiger partial charge >= 0.3 is 0 Å². The molecule has 0 amide bonds. The summed E-state index contributed by atoms with van der Waals surface area (Å²) in [6, 6.07) is 0. The highest BCUT2D eigenvalue weighted by Gasteiger charge is 2.23. The molecule has 0 saturated carbocycles. The fourth-order valence-electron chi connectivity index (χ4n) is 2.34. The molecule has 0 radical (unpaired) electrons. The molecule has 3 heteroatoms. The predicted molar refractivity (Wildman–Crippen MR) is 68.5 cm³/mol. The largest absolute Gasteiger partial charge is 0.378 e. The van der Waals surface area contributed by atoms with E-state index in [1.807, 2.05) is 0 Å². The zero-order chi connectivity index (χ0) is 11.8. The van der Waals surface area contributed by atoms with Gasteiger partial charge in [-0.1, -0.05) is 6.92 Å². The van der Waals surface area contributed by atoms with Gasteiger partial charge in [0.2, 0.25) is 0 Å². The first-order valence-electron chi connectivity index (χ1n) is 6.76. The summed E-state index contributed by atoms with van der Waals surface area (Å²) in [7, 11) is 0. The Morgan fingerprint density at radius 2 is 2.25 bits per heavy atom. The molecule has 1 rings (SSSR count). The van der Waals surface area contributed by atoms with Crippen molar-refractivity contribution in [2.45, 2.75) is 45.6 Å². The highest BCUT2D eigenvalue weighted by Crippen LogP contribution is 2.19. The molecule has 3 N–H and O–H groups in total. The molecule has 1 saturated heterocycles. The second-order valence-corrected chi connectivity index (χ2v) is 5.15. The van der Waals surface area contributed by atoms with Crippen LogP contribution in [0.1, 0.15) is 39.5 Å². The third-order valence-electron chi connectivity index (χ3n) is 3.65. The van der Waals surface area contributed by atoms with E-state index in [9.17, 15) is 0 Å². The average molecular weight is 228 g/mol. The van der Waals surface area contributed by atoms with Gasteiger partial charge in [-0.2, -0.15) is 0 Å². The summed E-state index contributed by atoms with van der Waals surface area (Å²) in [6.45, 7) is 8.50. The summed E-state index contributed by atoms with van der Waals surface area (Å²) in [5, 5.41) is 3.54. The third kappa shape index (κ3) is 5.28. The van der Waals surface area contributed by atoms with Gasteiger partial charge in [0.25, 0.3) is 0 Å². The normalized spacial score (nSPS) is 27.2. The van der Waals surface area contributed by atoms with E-state index < -0.39 is 0 Å². The summed E-state index contributed by atoms with van der Waals surface area (Å²) in [5.74, 6) is 1.50. The van der Waals surface area contributed by atoms with Gasteiger partial charge in [-0.05, 0) is 57.5 Å². The fourth-order valence-corrected chi connectivity index (χ4v) is 2.34. The van der Waals surface area contributed by atoms with Crippen LogP contribution in [0.5, 0.6) is 0 Å². The standard InChI is InChI=1S/C13H28N2O/c1-11(5-7-14)4-3-8-15-10-13-6-9-16-12(13)2/h11-13,15H,3-10,14H2,1-2H3. The predicted octanol–water partition coefficient (Wildman–Crippen LogP) is 1.77. The van der Waals surface area contributed by atoms with Crippen molar-refractivity contribution < 1.29 is 4.74 Å². The van der Waals surface area contributed by atoms with Gasteiger partial charge in [0.15, 0.2) is 0 Å². The van der Waals surface area contributed by atoms with Crippen LogP contribution in [0.25, 0.3) is 0 Å². The Morgan fingerprint density at radius 3 is 2.88 bits per heavy atom. The lowest BCUT2D eigenvalue weighted by molar-refractivity contribution is 0.105. The van der Waals surface area contributed by atoms with Crippen molar-refractivity contribution in [3.05, 3.63) is 0 Å². The van der Waals surface area contributed by atoms with Gasteiger partial charge in [-0.15, -0.1) is 0 Å². The highest BCUT2D eigenvalue weighted by molar-refractivity contribution is 4.74. The van der Waals surface area contributed by atoms with Gasteiger partial charge in [0.1, 0.15) is 0 Å². The van der Waals surface area contributed by atoms with Crippen molar-refractivity contribution in [2.24, 2.45) is 17.6 Å². The Labute approximate surface area is 100 Å². The molecule has 0 aromatic heterocycles. The molecular formula is C13H28N2O. The summed E-state index contributed by atoms with van der Waals surface area (Å²) < 4.78 is 5.54. The van der Waals surface area contributed by atoms with Crippen LogP contribution in [0.4, 0.5) is 0 Å². The number of nitrogens with one attached hydrogen (secondary N) is 1. The number of rotatable bonds is 8. The maximum absolute atomic E-state index is 5.54. The maximum atomic E-state index is 5.54. The quantitative estimate of drug-likeness (QED) is 0.622. The van der Waals surface area contributed by atoms with Gasteiger partial charge in [-0.3, -0.25) is 0 Å². The lowest BCUT2D eigenvalue weighted by Crippen LogP contribution is -2.27. The van der Waals surface area contributed by atoms with Crippen molar-refractivity contribution in [3.8, 4) is 0 Å². The van der Waals surface area contributed by atoms with E-state index in [0.29, 0.717) is 6.10 Å². The Balaban J connectivity index is 1.91. The van der Waals surface area contributed by atoms with E-state index in [0.717, 1.165) is 44.5 Å². The van der Waals surface area contributed by atoms with E-state index in [2.05, 4.69) is 19.2 Å². The number of hydrogen-bond acceptors (Lipinski definition) is 3. The van der Waals surface area contributed by atoms with Crippen LogP contribution in [0.2, 0.25) is 0 Å². The van der Waals surface area contributed by atoms with Crippen LogP contribution >= 0.6 is 0 Å². The number of ether oxygens (including phenoxy) is 1. The first kappa shape index (κ1) is 13.9. The summed E-state index contributed by atoms with van der Waals surface area (Å²) in [4.78, 5) is 0. The van der Waals surface area contributed by atoms with E-state index in [1.54, 1.807) is 0 Å². The molecule has 3 unspecified atom stereocenters. The van der Waals surface area contributed by atoms with Gasteiger partial charge in [0, 0.05) is 13.2 Å². The molecule has 96 valence electrons. The minimum absolute atomic E-state index is 0.448. The van der Waals surface area contributed by atoms with Crippen LogP contribution in [0, 0.1) is 11.8 Å². The van der Waals surface area contributed by atoms with Crippen LogP contribution in [-0.2, 0) is 4.74 Å². The van der Waals surface area contributed by atoms with Crippen molar-refractivity contribution in [1.29, 1.82) is 0 Å². The molecule has 1 fully saturated rings. The minimum atomic E-state index is 0.448. The summed E-state index contributed by atoms with van der Waals surface area (Å²) >= 11 is 0. The molecule has 0 spiro atoms. The highest BCUT2D eigenvalue weighted by atomic mass is 16.5. The van der Waals surface area contributed by atoms with Gasteiger partial charge in [-0.25, -0.2) is 0 Å². The molecule has 0 bridgehead atoms. The van der Waals surface area contributed by atoms with Crippen molar-refractivity contribution >= 4 is 0 Å². The molecule has 16 heavy (non-hydrogen) atoms. The summed E-state index contributed by atoms with van der Waals surface area (Å²) in [6.07, 6.45) is 5.39. The SMILES string of the molecule is CC(CCN)CCCNCC1CCOC1C.